The van der Waals surface area contributed by atoms with Crippen LogP contribution in [0.1, 0.15) is 24.2 Å². The molecule has 0 aliphatic carbocycles. The van der Waals surface area contributed by atoms with Crippen molar-refractivity contribution in [1.29, 1.82) is 0 Å². The van der Waals surface area contributed by atoms with Crippen LogP contribution in [0.25, 0.3) is 0 Å². The Morgan fingerprint density at radius 1 is 1.37 bits per heavy atom. The highest BCUT2D eigenvalue weighted by Crippen LogP contribution is 2.36. The van der Waals surface area contributed by atoms with Crippen LogP contribution in [0.3, 0.4) is 0 Å². The summed E-state index contributed by atoms with van der Waals surface area (Å²) in [5, 5.41) is 0.268. The molecule has 2 N–H and O–H groups in total. The maximum Gasteiger partial charge on any atom is 0.338 e. The van der Waals surface area contributed by atoms with Crippen LogP contribution in [0.4, 0.5) is 0 Å². The van der Waals surface area contributed by atoms with Crippen molar-refractivity contribution in [3.8, 4) is 11.5 Å². The van der Waals surface area contributed by atoms with Gasteiger partial charge in [-0.05, 0) is 26.0 Å². The van der Waals surface area contributed by atoms with E-state index in [4.69, 9.17) is 26.8 Å². The normalized spacial score (nSPS) is 11.1. The molecule has 0 heterocycles. The Morgan fingerprint density at radius 3 is 2.47 bits per heavy atom. The summed E-state index contributed by atoms with van der Waals surface area (Å²) < 4.78 is 15.4. The molecule has 0 amide bonds. The van der Waals surface area contributed by atoms with Crippen LogP contribution in [0.15, 0.2) is 12.1 Å². The van der Waals surface area contributed by atoms with E-state index in [9.17, 15) is 4.79 Å². The molecule has 1 rings (SSSR count). The third-order valence-electron chi connectivity index (χ3n) is 2.24. The number of methoxy groups -OCH3 is 2. The molecule has 6 heteroatoms. The predicted octanol–water partition coefficient (Wildman–Crippen LogP) is 2.25. The van der Waals surface area contributed by atoms with E-state index < -0.39 is 11.5 Å². The van der Waals surface area contributed by atoms with Crippen LogP contribution in [0, 0.1) is 0 Å². The van der Waals surface area contributed by atoms with Gasteiger partial charge in [0.05, 0.1) is 24.8 Å². The molecule has 0 aliphatic rings. The van der Waals surface area contributed by atoms with Gasteiger partial charge < -0.3 is 19.9 Å². The molecule has 0 saturated carbocycles. The second-order valence-corrected chi connectivity index (χ2v) is 5.17. The van der Waals surface area contributed by atoms with Gasteiger partial charge in [0.1, 0.15) is 6.61 Å². The fourth-order valence-corrected chi connectivity index (χ4v) is 1.62. The summed E-state index contributed by atoms with van der Waals surface area (Å²) in [6, 6.07) is 2.98. The maximum atomic E-state index is 11.5. The number of halogens is 1. The van der Waals surface area contributed by atoms with Crippen molar-refractivity contribution in [2.45, 2.75) is 19.4 Å². The minimum Gasteiger partial charge on any atom is -0.493 e. The van der Waals surface area contributed by atoms with Crippen molar-refractivity contribution in [3.63, 3.8) is 0 Å². The summed E-state index contributed by atoms with van der Waals surface area (Å²) >= 11 is 6.09. The standard InChI is InChI=1S/C13H18ClNO4/c1-13(2,15)7-19-11-9(14)5-8(12(16)18-4)6-10(11)17-3/h5-6H,7,15H2,1-4H3. The SMILES string of the molecule is COC(=O)c1cc(Cl)c(OCC(C)(C)N)c(OC)c1. The number of nitrogens with two attached hydrogens (primary N) is 1. The molecule has 0 bridgehead atoms. The number of rotatable bonds is 5. The first-order chi connectivity index (χ1) is 8.78. The average molecular weight is 288 g/mol. The smallest absolute Gasteiger partial charge is 0.338 e. The lowest BCUT2D eigenvalue weighted by molar-refractivity contribution is 0.0600. The lowest BCUT2D eigenvalue weighted by atomic mass is 10.1. The van der Waals surface area contributed by atoms with Gasteiger partial charge in [-0.1, -0.05) is 11.6 Å². The van der Waals surface area contributed by atoms with Crippen LogP contribution in [-0.4, -0.2) is 32.3 Å². The zero-order valence-electron chi connectivity index (χ0n) is 11.5. The molecular formula is C13H18ClNO4. The van der Waals surface area contributed by atoms with Gasteiger partial charge in [0, 0.05) is 5.54 Å². The molecule has 0 unspecified atom stereocenters. The molecule has 0 aliphatic heterocycles. The molecule has 0 saturated heterocycles. The Labute approximate surface area is 117 Å². The third kappa shape index (κ3) is 4.29. The molecule has 1 aromatic carbocycles. The van der Waals surface area contributed by atoms with E-state index in [0.29, 0.717) is 17.1 Å². The molecule has 106 valence electrons. The van der Waals surface area contributed by atoms with Crippen molar-refractivity contribution in [1.82, 2.24) is 0 Å². The summed E-state index contributed by atoms with van der Waals surface area (Å²) in [5.41, 5.74) is 5.63. The van der Waals surface area contributed by atoms with Gasteiger partial charge in [-0.2, -0.15) is 0 Å². The number of esters is 1. The summed E-state index contributed by atoms with van der Waals surface area (Å²) in [6.07, 6.45) is 0. The summed E-state index contributed by atoms with van der Waals surface area (Å²) in [4.78, 5) is 11.5. The second kappa shape index (κ2) is 6.12. The summed E-state index contributed by atoms with van der Waals surface area (Å²) in [5.74, 6) is 0.221. The fraction of sp³-hybridized carbons (Fsp3) is 0.462. The van der Waals surface area contributed by atoms with Gasteiger partial charge in [0.2, 0.25) is 0 Å². The largest absolute Gasteiger partial charge is 0.493 e. The van der Waals surface area contributed by atoms with E-state index in [1.165, 1.54) is 26.4 Å². The number of ether oxygens (including phenoxy) is 3. The van der Waals surface area contributed by atoms with Crippen molar-refractivity contribution in [2.75, 3.05) is 20.8 Å². The van der Waals surface area contributed by atoms with E-state index in [2.05, 4.69) is 4.74 Å². The zero-order valence-corrected chi connectivity index (χ0v) is 12.2. The Morgan fingerprint density at radius 2 is 2.00 bits per heavy atom. The third-order valence-corrected chi connectivity index (χ3v) is 2.52. The number of carbonyl (C=O) groups excluding carboxylic acids is 1. The van der Waals surface area contributed by atoms with E-state index in [1.54, 1.807) is 0 Å². The summed E-state index contributed by atoms with van der Waals surface area (Å²) in [6.45, 7) is 3.92. The second-order valence-electron chi connectivity index (χ2n) is 4.76. The topological polar surface area (TPSA) is 70.8 Å². The Balaban J connectivity index is 3.08. The molecule has 0 spiro atoms. The van der Waals surface area contributed by atoms with Crippen molar-refractivity contribution in [2.24, 2.45) is 5.73 Å². The fourth-order valence-electron chi connectivity index (χ4n) is 1.35. The van der Waals surface area contributed by atoms with Crippen LogP contribution in [0.5, 0.6) is 11.5 Å². The molecule has 19 heavy (non-hydrogen) atoms. The maximum absolute atomic E-state index is 11.5. The van der Waals surface area contributed by atoms with E-state index in [0.717, 1.165) is 0 Å². The molecule has 0 fully saturated rings. The first kappa shape index (κ1) is 15.6. The molecule has 5 nitrogen and oxygen atoms in total. The van der Waals surface area contributed by atoms with Gasteiger partial charge in [-0.15, -0.1) is 0 Å². The molecule has 1 aromatic rings. The lowest BCUT2D eigenvalue weighted by Crippen LogP contribution is -2.38. The van der Waals surface area contributed by atoms with Crippen LogP contribution < -0.4 is 15.2 Å². The van der Waals surface area contributed by atoms with E-state index >= 15 is 0 Å². The Hall–Kier alpha value is -1.46. The highest BCUT2D eigenvalue weighted by atomic mass is 35.5. The van der Waals surface area contributed by atoms with Crippen molar-refractivity contribution < 1.29 is 19.0 Å². The van der Waals surface area contributed by atoms with Gasteiger partial charge in [-0.3, -0.25) is 0 Å². The monoisotopic (exact) mass is 287 g/mol. The van der Waals surface area contributed by atoms with Gasteiger partial charge in [0.15, 0.2) is 11.5 Å². The number of benzene rings is 1. The first-order valence-corrected chi connectivity index (χ1v) is 6.04. The molecule has 0 aromatic heterocycles. The lowest BCUT2D eigenvalue weighted by Gasteiger charge is -2.21. The zero-order chi connectivity index (χ0) is 14.6. The van der Waals surface area contributed by atoms with Crippen molar-refractivity contribution >= 4 is 17.6 Å². The minimum atomic E-state index is -0.505. The average Bonchev–Trinajstić information content (AvgIpc) is 2.34. The van der Waals surface area contributed by atoms with Gasteiger partial charge >= 0.3 is 5.97 Å². The Kier molecular flexibility index (Phi) is 5.03. The highest BCUT2D eigenvalue weighted by Gasteiger charge is 2.19. The molecule has 0 atom stereocenters. The Bertz CT molecular complexity index is 468. The molecule has 0 radical (unpaired) electrons. The quantitative estimate of drug-likeness (QED) is 0.841. The van der Waals surface area contributed by atoms with Gasteiger partial charge in [-0.25, -0.2) is 4.79 Å². The molecular weight excluding hydrogens is 270 g/mol. The van der Waals surface area contributed by atoms with E-state index in [1.807, 2.05) is 13.8 Å². The van der Waals surface area contributed by atoms with Crippen molar-refractivity contribution in [3.05, 3.63) is 22.7 Å². The summed E-state index contributed by atoms with van der Waals surface area (Å²) in [7, 11) is 2.76. The van der Waals surface area contributed by atoms with Crippen LogP contribution in [0.2, 0.25) is 5.02 Å². The van der Waals surface area contributed by atoms with E-state index in [-0.39, 0.29) is 11.6 Å². The first-order valence-electron chi connectivity index (χ1n) is 5.66. The minimum absolute atomic E-state index is 0.265. The van der Waals surface area contributed by atoms with Gasteiger partial charge in [0.25, 0.3) is 0 Å². The highest BCUT2D eigenvalue weighted by molar-refractivity contribution is 6.32. The number of hydrogen-bond acceptors (Lipinski definition) is 5. The van der Waals surface area contributed by atoms with Crippen LogP contribution >= 0.6 is 11.6 Å². The predicted molar refractivity (Wildman–Crippen MR) is 73.1 cm³/mol. The number of carbonyl (C=O) groups is 1. The van der Waals surface area contributed by atoms with Crippen LogP contribution in [-0.2, 0) is 4.74 Å². The number of hydrogen-bond donors (Lipinski definition) is 1.